The molecule has 32 heavy (non-hydrogen) atoms. The topological polar surface area (TPSA) is 60.2 Å². The van der Waals surface area contributed by atoms with E-state index in [1.807, 2.05) is 0 Å². The molecule has 0 saturated heterocycles. The lowest BCUT2D eigenvalue weighted by Gasteiger charge is -2.18. The quantitative estimate of drug-likeness (QED) is 0.552. The van der Waals surface area contributed by atoms with Crippen LogP contribution in [0.4, 0.5) is 26.3 Å². The number of primary sulfonamides is 1. The van der Waals surface area contributed by atoms with Gasteiger partial charge in [-0.05, 0) is 71.1 Å². The molecule has 0 heterocycles. The van der Waals surface area contributed by atoms with E-state index in [1.165, 1.54) is 0 Å². The number of halogens is 6. The van der Waals surface area contributed by atoms with E-state index in [0.29, 0.717) is 41.7 Å². The van der Waals surface area contributed by atoms with E-state index in [9.17, 15) is 34.8 Å². The molecule has 0 radical (unpaired) electrons. The summed E-state index contributed by atoms with van der Waals surface area (Å²) < 4.78 is 102. The molecule has 2 aromatic carbocycles. The lowest BCUT2D eigenvalue weighted by Crippen LogP contribution is -2.16. The zero-order valence-electron chi connectivity index (χ0n) is 16.6. The Morgan fingerprint density at radius 3 is 1.75 bits per heavy atom. The first kappa shape index (κ1) is 22.8. The van der Waals surface area contributed by atoms with Crippen molar-refractivity contribution in [1.82, 2.24) is 0 Å². The van der Waals surface area contributed by atoms with Crippen molar-refractivity contribution < 1.29 is 34.8 Å². The van der Waals surface area contributed by atoms with Crippen LogP contribution in [0.15, 0.2) is 42.5 Å². The summed E-state index contributed by atoms with van der Waals surface area (Å²) in [6.45, 7) is 0. The fraction of sp³-hybridized carbons (Fsp3) is 0.364. The average molecular weight is 475 g/mol. The minimum Gasteiger partial charge on any atom is -0.228 e. The molecule has 0 bridgehead atoms. The van der Waals surface area contributed by atoms with Gasteiger partial charge in [0.2, 0.25) is 10.0 Å². The van der Waals surface area contributed by atoms with Gasteiger partial charge in [-0.25, -0.2) is 13.6 Å². The van der Waals surface area contributed by atoms with Crippen LogP contribution in [0.3, 0.4) is 0 Å². The van der Waals surface area contributed by atoms with Crippen LogP contribution in [0.5, 0.6) is 0 Å². The van der Waals surface area contributed by atoms with Gasteiger partial charge in [0.25, 0.3) is 0 Å². The van der Waals surface area contributed by atoms with E-state index in [-0.39, 0.29) is 16.7 Å². The zero-order valence-corrected chi connectivity index (χ0v) is 17.5. The van der Waals surface area contributed by atoms with Gasteiger partial charge in [0.05, 0.1) is 16.9 Å². The van der Waals surface area contributed by atoms with Gasteiger partial charge >= 0.3 is 12.4 Å². The van der Waals surface area contributed by atoms with Gasteiger partial charge in [-0.3, -0.25) is 0 Å². The maximum Gasteiger partial charge on any atom is 0.417 e. The van der Waals surface area contributed by atoms with Crippen LogP contribution >= 0.6 is 0 Å². The van der Waals surface area contributed by atoms with Crippen LogP contribution in [0.25, 0.3) is 11.1 Å². The molecule has 1 saturated carbocycles. The summed E-state index contributed by atoms with van der Waals surface area (Å²) >= 11 is 0. The highest BCUT2D eigenvalue weighted by Crippen LogP contribution is 2.63. The Balaban J connectivity index is 1.79. The van der Waals surface area contributed by atoms with E-state index in [1.54, 1.807) is 24.3 Å². The third-order valence-electron chi connectivity index (χ3n) is 6.07. The first-order chi connectivity index (χ1) is 14.7. The first-order valence-electron chi connectivity index (χ1n) is 9.78. The molecular weight excluding hydrogens is 456 g/mol. The minimum atomic E-state index is -5.15. The van der Waals surface area contributed by atoms with Crippen LogP contribution < -0.4 is 5.14 Å². The van der Waals surface area contributed by atoms with Crippen molar-refractivity contribution in [2.24, 2.45) is 10.6 Å². The largest absolute Gasteiger partial charge is 0.417 e. The Bertz CT molecular complexity index is 1190. The van der Waals surface area contributed by atoms with E-state index < -0.39 is 33.5 Å². The Kier molecular flexibility index (Phi) is 5.24. The fourth-order valence-corrected chi connectivity index (χ4v) is 5.01. The maximum absolute atomic E-state index is 13.4. The smallest absolute Gasteiger partial charge is 0.228 e. The second-order valence-corrected chi connectivity index (χ2v) is 10.2. The molecular formula is C22H19F6NO2S. The Morgan fingerprint density at radius 2 is 1.28 bits per heavy atom. The maximum atomic E-state index is 13.4. The van der Waals surface area contributed by atoms with Crippen molar-refractivity contribution >= 4 is 21.2 Å². The van der Waals surface area contributed by atoms with Crippen LogP contribution in [-0.2, 0) is 28.1 Å². The number of hydrogen-bond acceptors (Lipinski definition) is 2. The number of rotatable bonds is 4. The van der Waals surface area contributed by atoms with E-state index >= 15 is 0 Å². The van der Waals surface area contributed by atoms with Crippen molar-refractivity contribution in [2.45, 2.75) is 43.8 Å². The van der Waals surface area contributed by atoms with Gasteiger partial charge in [-0.2, -0.15) is 26.3 Å². The molecule has 0 aliphatic heterocycles. The monoisotopic (exact) mass is 475 g/mol. The highest BCUT2D eigenvalue weighted by molar-refractivity contribution is 7.88. The fourth-order valence-electron chi connectivity index (χ4n) is 4.36. The summed E-state index contributed by atoms with van der Waals surface area (Å²) in [5.74, 6) is -0.350. The Hall–Kier alpha value is -2.33. The highest BCUT2D eigenvalue weighted by Gasteiger charge is 2.49. The van der Waals surface area contributed by atoms with Gasteiger partial charge in [0.1, 0.15) is 0 Å². The number of hydrogen-bond donors (Lipinski definition) is 1. The molecule has 3 nitrogen and oxygen atoms in total. The van der Waals surface area contributed by atoms with E-state index in [0.717, 1.165) is 24.5 Å². The first-order valence-corrected chi connectivity index (χ1v) is 11.5. The van der Waals surface area contributed by atoms with Gasteiger partial charge in [-0.15, -0.1) is 0 Å². The number of allylic oxidation sites excluding steroid dienone is 2. The SMILES string of the molecule is NS(=O)(=O)Cc1ccc(C2=C(c3ccc(C(F)(F)F)c(C(F)(F)F)c3)CC3(CC3)C2)cc1. The summed E-state index contributed by atoms with van der Waals surface area (Å²) in [7, 11) is -3.72. The van der Waals surface area contributed by atoms with Crippen molar-refractivity contribution in [2.75, 3.05) is 0 Å². The summed E-state index contributed by atoms with van der Waals surface area (Å²) in [5.41, 5.74) is -0.805. The van der Waals surface area contributed by atoms with Crippen molar-refractivity contribution in [3.8, 4) is 0 Å². The van der Waals surface area contributed by atoms with E-state index in [2.05, 4.69) is 0 Å². The lowest BCUT2D eigenvalue weighted by molar-refractivity contribution is -0.162. The highest BCUT2D eigenvalue weighted by atomic mass is 32.2. The molecule has 2 aromatic rings. The summed E-state index contributed by atoms with van der Waals surface area (Å²) in [4.78, 5) is 0. The average Bonchev–Trinajstić information content (AvgIpc) is 3.30. The minimum absolute atomic E-state index is 0.0645. The van der Waals surface area contributed by atoms with Crippen LogP contribution in [-0.4, -0.2) is 8.42 Å². The molecule has 2 aliphatic carbocycles. The molecule has 0 unspecified atom stereocenters. The van der Waals surface area contributed by atoms with Crippen molar-refractivity contribution in [3.63, 3.8) is 0 Å². The summed E-state index contributed by atoms with van der Waals surface area (Å²) in [6.07, 6.45) is -7.37. The second-order valence-electron chi connectivity index (χ2n) is 8.57. The third kappa shape index (κ3) is 4.71. The number of alkyl halides is 6. The molecule has 4 rings (SSSR count). The molecule has 0 amide bonds. The number of benzene rings is 2. The lowest BCUT2D eigenvalue weighted by atomic mass is 9.93. The second kappa shape index (κ2) is 7.34. The van der Waals surface area contributed by atoms with E-state index in [4.69, 9.17) is 5.14 Å². The van der Waals surface area contributed by atoms with Crippen molar-refractivity contribution in [3.05, 3.63) is 70.3 Å². The number of nitrogens with two attached hydrogens (primary N) is 1. The summed E-state index contributed by atoms with van der Waals surface area (Å²) in [6, 6.07) is 8.69. The predicted octanol–water partition coefficient (Wildman–Crippen LogP) is 6.00. The molecule has 2 aliphatic rings. The Morgan fingerprint density at radius 1 is 0.781 bits per heavy atom. The third-order valence-corrected chi connectivity index (χ3v) is 6.81. The van der Waals surface area contributed by atoms with Gasteiger partial charge < -0.3 is 0 Å². The van der Waals surface area contributed by atoms with Gasteiger partial charge in [0.15, 0.2) is 0 Å². The normalized spacial score (nSPS) is 18.5. The molecule has 2 N–H and O–H groups in total. The van der Waals surface area contributed by atoms with Gasteiger partial charge in [-0.1, -0.05) is 30.3 Å². The predicted molar refractivity (Wildman–Crippen MR) is 107 cm³/mol. The number of sulfonamides is 1. The van der Waals surface area contributed by atoms with Crippen molar-refractivity contribution in [1.29, 1.82) is 0 Å². The van der Waals surface area contributed by atoms with Crippen LogP contribution in [0.1, 0.15) is 53.5 Å². The Labute approximate surface area is 181 Å². The molecule has 10 heteroatoms. The van der Waals surface area contributed by atoms with Gasteiger partial charge in [0, 0.05) is 0 Å². The molecule has 0 atom stereocenters. The zero-order chi connectivity index (χ0) is 23.5. The molecule has 172 valence electrons. The molecule has 1 fully saturated rings. The molecule has 0 aromatic heterocycles. The summed E-state index contributed by atoms with van der Waals surface area (Å²) in [5, 5.41) is 5.05. The van der Waals surface area contributed by atoms with Crippen LogP contribution in [0.2, 0.25) is 0 Å². The van der Waals surface area contributed by atoms with Crippen LogP contribution in [0, 0.1) is 5.41 Å². The standard InChI is InChI=1S/C22H19F6NO2S/c23-21(24,25)18-6-5-15(9-19(18)22(26,27)28)17-11-20(7-8-20)10-16(17)14-3-1-13(2-4-14)12-32(29,30)31/h1-6,9H,7-8,10-12H2,(H2,29,30,31). The molecule has 1 spiro atoms.